The first-order chi connectivity index (χ1) is 9.87. The van der Waals surface area contributed by atoms with E-state index in [0.717, 1.165) is 16.3 Å². The zero-order chi connectivity index (χ0) is 15.9. The van der Waals surface area contributed by atoms with Crippen molar-refractivity contribution >= 4 is 26.0 Å². The van der Waals surface area contributed by atoms with Crippen molar-refractivity contribution in [2.75, 3.05) is 33.1 Å². The fourth-order valence-electron chi connectivity index (χ4n) is 1.72. The lowest BCUT2D eigenvalue weighted by Crippen LogP contribution is -2.30. The number of methoxy groups -OCH3 is 1. The molecule has 0 heterocycles. The molecule has 0 atom stereocenters. The van der Waals surface area contributed by atoms with Crippen LogP contribution in [0, 0.1) is 0 Å². The van der Waals surface area contributed by atoms with E-state index in [0.29, 0.717) is 37.7 Å². The van der Waals surface area contributed by atoms with E-state index in [2.05, 4.69) is 26.0 Å². The summed E-state index contributed by atoms with van der Waals surface area (Å²) < 4.78 is 35.9. The molecule has 0 aromatic heterocycles. The van der Waals surface area contributed by atoms with Crippen LogP contribution in [-0.4, -0.2) is 41.5 Å². The van der Waals surface area contributed by atoms with Crippen molar-refractivity contribution in [2.45, 2.75) is 13.5 Å². The van der Waals surface area contributed by atoms with Crippen molar-refractivity contribution in [2.24, 2.45) is 0 Å². The molecule has 8 heteroatoms. The fraction of sp³-hybridized carbons (Fsp3) is 0.538. The molecular formula is C13H21BrN2O4S. The maximum Gasteiger partial charge on any atom is 0.208 e. The molecule has 21 heavy (non-hydrogen) atoms. The third-order valence-electron chi connectivity index (χ3n) is 2.57. The largest absolute Gasteiger partial charge is 0.493 e. The van der Waals surface area contributed by atoms with Crippen molar-refractivity contribution in [3.8, 4) is 11.5 Å². The average Bonchev–Trinajstić information content (AvgIpc) is 2.39. The summed E-state index contributed by atoms with van der Waals surface area (Å²) in [5.41, 5.74) is 1.02. The average molecular weight is 381 g/mol. The lowest BCUT2D eigenvalue weighted by molar-refractivity contribution is 0.308. The molecule has 0 aliphatic heterocycles. The molecule has 0 spiro atoms. The third-order valence-corrected chi connectivity index (χ3v) is 3.89. The second-order valence-corrected chi connectivity index (χ2v) is 7.07. The van der Waals surface area contributed by atoms with E-state index in [1.54, 1.807) is 7.11 Å². The van der Waals surface area contributed by atoms with Gasteiger partial charge in [-0.2, -0.15) is 0 Å². The van der Waals surface area contributed by atoms with Crippen molar-refractivity contribution in [1.29, 1.82) is 0 Å². The van der Waals surface area contributed by atoms with Crippen molar-refractivity contribution in [1.82, 2.24) is 10.0 Å². The van der Waals surface area contributed by atoms with Gasteiger partial charge in [-0.05, 0) is 40.5 Å². The highest BCUT2D eigenvalue weighted by atomic mass is 79.9. The second kappa shape index (κ2) is 8.57. The molecule has 0 saturated heterocycles. The molecule has 1 aromatic carbocycles. The fourth-order valence-corrected chi connectivity index (χ4v) is 2.79. The number of ether oxygens (including phenoxy) is 2. The first kappa shape index (κ1) is 18.2. The molecule has 1 rings (SSSR count). The molecular weight excluding hydrogens is 360 g/mol. The van der Waals surface area contributed by atoms with E-state index in [-0.39, 0.29) is 0 Å². The minimum atomic E-state index is -3.13. The summed E-state index contributed by atoms with van der Waals surface area (Å²) in [5.74, 6) is 1.35. The van der Waals surface area contributed by atoms with Crippen molar-refractivity contribution in [3.05, 3.63) is 22.2 Å². The topological polar surface area (TPSA) is 76.7 Å². The van der Waals surface area contributed by atoms with Crippen LogP contribution in [-0.2, 0) is 16.6 Å². The van der Waals surface area contributed by atoms with Gasteiger partial charge in [-0.15, -0.1) is 0 Å². The number of benzene rings is 1. The van der Waals surface area contributed by atoms with E-state index in [4.69, 9.17) is 9.47 Å². The summed E-state index contributed by atoms with van der Waals surface area (Å²) >= 11 is 3.46. The van der Waals surface area contributed by atoms with Crippen LogP contribution in [0.2, 0.25) is 0 Å². The Morgan fingerprint density at radius 3 is 2.57 bits per heavy atom. The molecule has 0 fully saturated rings. The van der Waals surface area contributed by atoms with Gasteiger partial charge < -0.3 is 14.8 Å². The highest BCUT2D eigenvalue weighted by Crippen LogP contribution is 2.36. The van der Waals surface area contributed by atoms with Crippen LogP contribution in [0.3, 0.4) is 0 Å². The Kier molecular flexibility index (Phi) is 7.44. The molecule has 0 bridgehead atoms. The molecule has 1 aromatic rings. The number of hydrogen-bond acceptors (Lipinski definition) is 5. The summed E-state index contributed by atoms with van der Waals surface area (Å²) in [7, 11) is -1.54. The van der Waals surface area contributed by atoms with Gasteiger partial charge in [0.1, 0.15) is 0 Å². The molecule has 0 saturated carbocycles. The van der Waals surface area contributed by atoms with E-state index >= 15 is 0 Å². The van der Waals surface area contributed by atoms with E-state index in [9.17, 15) is 8.42 Å². The molecule has 2 N–H and O–H groups in total. The van der Waals surface area contributed by atoms with Crippen LogP contribution in [0.25, 0.3) is 0 Å². The summed E-state index contributed by atoms with van der Waals surface area (Å²) in [6.45, 7) is 3.97. The standard InChI is InChI=1S/C13H21BrN2O4S/c1-4-20-13-11(14)7-10(8-12(13)19-2)9-15-5-6-16-21(3,17)18/h7-8,15-16H,4-6,9H2,1-3H3. The summed E-state index contributed by atoms with van der Waals surface area (Å²) in [6, 6.07) is 3.84. The first-order valence-corrected chi connectivity index (χ1v) is 9.20. The maximum absolute atomic E-state index is 10.9. The molecule has 0 aliphatic rings. The third kappa shape index (κ3) is 6.64. The molecule has 0 radical (unpaired) electrons. The van der Waals surface area contributed by atoms with E-state index in [1.807, 2.05) is 19.1 Å². The summed E-state index contributed by atoms with van der Waals surface area (Å²) in [4.78, 5) is 0. The zero-order valence-corrected chi connectivity index (χ0v) is 14.8. The quantitative estimate of drug-likeness (QED) is 0.634. The molecule has 120 valence electrons. The lowest BCUT2D eigenvalue weighted by Gasteiger charge is -2.13. The minimum Gasteiger partial charge on any atom is -0.493 e. The Morgan fingerprint density at radius 1 is 1.29 bits per heavy atom. The molecule has 0 amide bonds. The highest BCUT2D eigenvalue weighted by Gasteiger charge is 2.11. The van der Waals surface area contributed by atoms with Gasteiger partial charge in [0.25, 0.3) is 0 Å². The minimum absolute atomic E-state index is 0.355. The van der Waals surface area contributed by atoms with Crippen LogP contribution in [0.15, 0.2) is 16.6 Å². The van der Waals surface area contributed by atoms with Gasteiger partial charge in [0.05, 0.1) is 24.4 Å². The molecule has 6 nitrogen and oxygen atoms in total. The van der Waals surface area contributed by atoms with Crippen LogP contribution in [0.1, 0.15) is 12.5 Å². The van der Waals surface area contributed by atoms with E-state index in [1.165, 1.54) is 0 Å². The van der Waals surface area contributed by atoms with Crippen LogP contribution < -0.4 is 19.5 Å². The first-order valence-electron chi connectivity index (χ1n) is 6.52. The molecule has 0 aliphatic carbocycles. The lowest BCUT2D eigenvalue weighted by atomic mass is 10.2. The Bertz CT molecular complexity index is 564. The number of sulfonamides is 1. The van der Waals surface area contributed by atoms with Crippen LogP contribution in [0.4, 0.5) is 0 Å². The van der Waals surface area contributed by atoms with Gasteiger partial charge >= 0.3 is 0 Å². The Balaban J connectivity index is 2.58. The Morgan fingerprint density at radius 2 is 2.00 bits per heavy atom. The Hall–Kier alpha value is -0.830. The zero-order valence-electron chi connectivity index (χ0n) is 12.4. The molecule has 0 unspecified atom stereocenters. The highest BCUT2D eigenvalue weighted by molar-refractivity contribution is 9.10. The predicted molar refractivity (Wildman–Crippen MR) is 86.4 cm³/mol. The van der Waals surface area contributed by atoms with Gasteiger partial charge in [-0.3, -0.25) is 0 Å². The summed E-state index contributed by atoms with van der Waals surface area (Å²) in [6.07, 6.45) is 1.14. The van der Waals surface area contributed by atoms with Crippen molar-refractivity contribution < 1.29 is 17.9 Å². The van der Waals surface area contributed by atoms with Gasteiger partial charge in [0.15, 0.2) is 11.5 Å². The monoisotopic (exact) mass is 380 g/mol. The number of hydrogen-bond donors (Lipinski definition) is 2. The van der Waals surface area contributed by atoms with Gasteiger partial charge in [-0.25, -0.2) is 13.1 Å². The van der Waals surface area contributed by atoms with Gasteiger partial charge in [-0.1, -0.05) is 0 Å². The number of rotatable bonds is 9. The number of halogens is 1. The van der Waals surface area contributed by atoms with Gasteiger partial charge in [0.2, 0.25) is 10.0 Å². The Labute approximate surface area is 134 Å². The number of nitrogens with one attached hydrogen (secondary N) is 2. The smallest absolute Gasteiger partial charge is 0.208 e. The second-order valence-electron chi connectivity index (χ2n) is 4.39. The van der Waals surface area contributed by atoms with Crippen molar-refractivity contribution in [3.63, 3.8) is 0 Å². The maximum atomic E-state index is 10.9. The summed E-state index contributed by atoms with van der Waals surface area (Å²) in [5, 5.41) is 3.16. The normalized spacial score (nSPS) is 11.4. The van der Waals surface area contributed by atoms with Crippen LogP contribution >= 0.6 is 15.9 Å². The van der Waals surface area contributed by atoms with E-state index < -0.39 is 10.0 Å². The predicted octanol–water partition coefficient (Wildman–Crippen LogP) is 1.50. The van der Waals surface area contributed by atoms with Gasteiger partial charge in [0, 0.05) is 19.6 Å². The van der Waals surface area contributed by atoms with Crippen LogP contribution in [0.5, 0.6) is 11.5 Å². The SMILES string of the molecule is CCOc1c(Br)cc(CNCCNS(C)(=O)=O)cc1OC.